The predicted molar refractivity (Wildman–Crippen MR) is 139 cm³/mol. The molecular weight excluding hydrogens is 446 g/mol. The van der Waals surface area contributed by atoms with Crippen LogP contribution in [0.1, 0.15) is 27.2 Å². The molecule has 4 nitrogen and oxygen atoms in total. The van der Waals surface area contributed by atoms with Crippen LogP contribution in [0, 0.1) is 0 Å². The molecule has 0 spiro atoms. The number of hydrogen-bond acceptors (Lipinski definition) is 5. The Bertz CT molecular complexity index is 1170. The minimum absolute atomic E-state index is 0.0674. The molecule has 4 aromatic rings. The SMILES string of the molecule is CN(C)Cc1ccc(-c2ccccc2CNC(=O)c2ccc(SCc3cscn3)cc2)cc1. The van der Waals surface area contributed by atoms with E-state index in [1.807, 2.05) is 41.9 Å². The van der Waals surface area contributed by atoms with Crippen molar-refractivity contribution in [3.63, 3.8) is 0 Å². The van der Waals surface area contributed by atoms with Crippen LogP contribution in [0.3, 0.4) is 0 Å². The number of aromatic nitrogens is 1. The number of thioether (sulfide) groups is 1. The number of rotatable bonds is 9. The van der Waals surface area contributed by atoms with E-state index in [1.165, 1.54) is 5.56 Å². The molecule has 4 rings (SSSR count). The van der Waals surface area contributed by atoms with Crippen LogP contribution in [-0.2, 0) is 18.8 Å². The lowest BCUT2D eigenvalue weighted by molar-refractivity contribution is 0.0951. The summed E-state index contributed by atoms with van der Waals surface area (Å²) in [4.78, 5) is 20.3. The number of benzene rings is 3. The third-order valence-corrected chi connectivity index (χ3v) is 6.89. The summed E-state index contributed by atoms with van der Waals surface area (Å²) in [6, 6.07) is 24.6. The second-order valence-corrected chi connectivity index (χ2v) is 9.83. The zero-order valence-electron chi connectivity index (χ0n) is 18.8. The number of nitrogens with one attached hydrogen (secondary N) is 1. The smallest absolute Gasteiger partial charge is 0.251 e. The monoisotopic (exact) mass is 473 g/mol. The van der Waals surface area contributed by atoms with Gasteiger partial charge in [0, 0.05) is 34.7 Å². The molecule has 0 aliphatic carbocycles. The molecule has 0 aliphatic rings. The molecule has 0 saturated heterocycles. The Labute approximate surface area is 203 Å². The third-order valence-electron chi connectivity index (χ3n) is 5.21. The Kier molecular flexibility index (Phi) is 7.94. The standard InChI is InChI=1S/C27H27N3OS2/c1-30(2)16-20-7-9-21(10-8-20)26-6-4-3-5-23(26)15-28-27(31)22-11-13-25(14-12-22)33-18-24-17-32-19-29-24/h3-14,17,19H,15-16,18H2,1-2H3,(H,28,31). The molecule has 0 saturated carbocycles. The van der Waals surface area contributed by atoms with Gasteiger partial charge < -0.3 is 10.2 Å². The van der Waals surface area contributed by atoms with Crippen LogP contribution >= 0.6 is 23.1 Å². The molecule has 0 radical (unpaired) electrons. The highest BCUT2D eigenvalue weighted by Crippen LogP contribution is 2.25. The first-order valence-corrected chi connectivity index (χ1v) is 12.7. The molecule has 0 atom stereocenters. The first-order chi connectivity index (χ1) is 16.1. The van der Waals surface area contributed by atoms with Crippen LogP contribution in [0.15, 0.2) is 88.6 Å². The van der Waals surface area contributed by atoms with Crippen LogP contribution in [0.25, 0.3) is 11.1 Å². The second kappa shape index (κ2) is 11.3. The zero-order chi connectivity index (χ0) is 23.0. The highest BCUT2D eigenvalue weighted by Gasteiger charge is 2.09. The average molecular weight is 474 g/mol. The van der Waals surface area contributed by atoms with Crippen molar-refractivity contribution in [2.75, 3.05) is 14.1 Å². The summed E-state index contributed by atoms with van der Waals surface area (Å²) in [5.74, 6) is 0.768. The fourth-order valence-electron chi connectivity index (χ4n) is 3.56. The van der Waals surface area contributed by atoms with Gasteiger partial charge in [-0.1, -0.05) is 48.5 Å². The highest BCUT2D eigenvalue weighted by atomic mass is 32.2. The van der Waals surface area contributed by atoms with Gasteiger partial charge in [-0.05, 0) is 60.6 Å². The lowest BCUT2D eigenvalue weighted by Gasteiger charge is -2.13. The van der Waals surface area contributed by atoms with Crippen molar-refractivity contribution in [3.8, 4) is 11.1 Å². The van der Waals surface area contributed by atoms with E-state index in [-0.39, 0.29) is 5.91 Å². The Hall–Kier alpha value is -2.93. The van der Waals surface area contributed by atoms with Crippen LogP contribution in [-0.4, -0.2) is 29.9 Å². The first-order valence-electron chi connectivity index (χ1n) is 10.8. The molecule has 1 amide bonds. The molecule has 0 unspecified atom stereocenters. The molecule has 6 heteroatoms. The summed E-state index contributed by atoms with van der Waals surface area (Å²) in [7, 11) is 4.14. The largest absolute Gasteiger partial charge is 0.348 e. The van der Waals surface area contributed by atoms with Gasteiger partial charge in [0.2, 0.25) is 0 Å². The molecular formula is C27H27N3OS2. The first kappa shape index (κ1) is 23.2. The van der Waals surface area contributed by atoms with Crippen molar-refractivity contribution >= 4 is 29.0 Å². The molecule has 1 aromatic heterocycles. The van der Waals surface area contributed by atoms with Crippen LogP contribution in [0.2, 0.25) is 0 Å². The van der Waals surface area contributed by atoms with Gasteiger partial charge >= 0.3 is 0 Å². The van der Waals surface area contributed by atoms with Crippen molar-refractivity contribution in [3.05, 3.63) is 106 Å². The van der Waals surface area contributed by atoms with Crippen LogP contribution in [0.4, 0.5) is 0 Å². The Morgan fingerprint density at radius 2 is 1.76 bits per heavy atom. The van der Waals surface area contributed by atoms with Gasteiger partial charge in [-0.25, -0.2) is 4.98 Å². The number of thiazole rings is 1. The predicted octanol–water partition coefficient (Wildman–Crippen LogP) is 6.09. The summed E-state index contributed by atoms with van der Waals surface area (Å²) >= 11 is 3.33. The molecule has 3 aromatic carbocycles. The molecule has 0 bridgehead atoms. The number of amides is 1. The highest BCUT2D eigenvalue weighted by molar-refractivity contribution is 7.98. The fourth-order valence-corrected chi connectivity index (χ4v) is 5.02. The quantitative estimate of drug-likeness (QED) is 0.299. The summed E-state index contributed by atoms with van der Waals surface area (Å²) in [6.07, 6.45) is 0. The third kappa shape index (κ3) is 6.54. The number of carbonyl (C=O) groups excluding carboxylic acids is 1. The van der Waals surface area contributed by atoms with E-state index in [2.05, 4.69) is 71.1 Å². The van der Waals surface area contributed by atoms with Gasteiger partial charge in [-0.15, -0.1) is 23.1 Å². The topological polar surface area (TPSA) is 45.2 Å². The van der Waals surface area contributed by atoms with E-state index in [0.29, 0.717) is 12.1 Å². The molecule has 1 N–H and O–H groups in total. The van der Waals surface area contributed by atoms with Gasteiger partial charge in [0.05, 0.1) is 11.2 Å². The van der Waals surface area contributed by atoms with E-state index in [4.69, 9.17) is 0 Å². The van der Waals surface area contributed by atoms with Crippen molar-refractivity contribution in [2.45, 2.75) is 23.7 Å². The lowest BCUT2D eigenvalue weighted by atomic mass is 9.98. The van der Waals surface area contributed by atoms with E-state index in [9.17, 15) is 4.79 Å². The van der Waals surface area contributed by atoms with Crippen LogP contribution in [0.5, 0.6) is 0 Å². The summed E-state index contributed by atoms with van der Waals surface area (Å²) in [5.41, 5.74) is 8.27. The summed E-state index contributed by atoms with van der Waals surface area (Å²) in [6.45, 7) is 1.40. The van der Waals surface area contributed by atoms with E-state index >= 15 is 0 Å². The maximum Gasteiger partial charge on any atom is 0.251 e. The normalized spacial score (nSPS) is 11.0. The van der Waals surface area contributed by atoms with E-state index < -0.39 is 0 Å². The van der Waals surface area contributed by atoms with Gasteiger partial charge in [0.25, 0.3) is 5.91 Å². The molecule has 0 fully saturated rings. The van der Waals surface area contributed by atoms with Gasteiger partial charge in [-0.2, -0.15) is 0 Å². The van der Waals surface area contributed by atoms with Gasteiger partial charge in [0.15, 0.2) is 0 Å². The minimum Gasteiger partial charge on any atom is -0.348 e. The number of hydrogen-bond donors (Lipinski definition) is 1. The average Bonchev–Trinajstić information content (AvgIpc) is 3.36. The minimum atomic E-state index is -0.0674. The van der Waals surface area contributed by atoms with E-state index in [1.54, 1.807) is 23.1 Å². The second-order valence-electron chi connectivity index (χ2n) is 8.07. The Morgan fingerprint density at radius 1 is 1.00 bits per heavy atom. The fraction of sp³-hybridized carbons (Fsp3) is 0.185. The summed E-state index contributed by atoms with van der Waals surface area (Å²) < 4.78 is 0. The van der Waals surface area contributed by atoms with E-state index in [0.717, 1.165) is 39.6 Å². The number of nitrogens with zero attached hydrogens (tertiary/aromatic N) is 2. The van der Waals surface area contributed by atoms with Crippen molar-refractivity contribution < 1.29 is 4.79 Å². The summed E-state index contributed by atoms with van der Waals surface area (Å²) in [5, 5.41) is 5.14. The lowest BCUT2D eigenvalue weighted by Crippen LogP contribution is -2.23. The number of carbonyl (C=O) groups is 1. The maximum absolute atomic E-state index is 12.7. The zero-order valence-corrected chi connectivity index (χ0v) is 20.5. The maximum atomic E-state index is 12.7. The molecule has 1 heterocycles. The Morgan fingerprint density at radius 3 is 2.45 bits per heavy atom. The van der Waals surface area contributed by atoms with Crippen molar-refractivity contribution in [1.29, 1.82) is 0 Å². The molecule has 0 aliphatic heterocycles. The van der Waals surface area contributed by atoms with Gasteiger partial charge in [0.1, 0.15) is 0 Å². The Balaban J connectivity index is 1.37. The molecule has 33 heavy (non-hydrogen) atoms. The van der Waals surface area contributed by atoms with Crippen molar-refractivity contribution in [1.82, 2.24) is 15.2 Å². The van der Waals surface area contributed by atoms with Gasteiger partial charge in [-0.3, -0.25) is 4.79 Å². The van der Waals surface area contributed by atoms with Crippen molar-refractivity contribution in [2.24, 2.45) is 0 Å². The molecule has 168 valence electrons. The van der Waals surface area contributed by atoms with Crippen LogP contribution < -0.4 is 5.32 Å².